The molecular formula is C17H15BrN2O2S. The van der Waals surface area contributed by atoms with Crippen LogP contribution in [0.4, 0.5) is 0 Å². The average molecular weight is 391 g/mol. The first kappa shape index (κ1) is 16.0. The molecule has 0 spiro atoms. The van der Waals surface area contributed by atoms with Gasteiger partial charge >= 0.3 is 0 Å². The second-order valence-corrected chi connectivity index (χ2v) is 7.10. The van der Waals surface area contributed by atoms with Crippen molar-refractivity contribution in [3.05, 3.63) is 58.0 Å². The highest BCUT2D eigenvalue weighted by Crippen LogP contribution is 2.22. The fourth-order valence-electron chi connectivity index (χ4n) is 2.06. The zero-order valence-corrected chi connectivity index (χ0v) is 14.9. The van der Waals surface area contributed by atoms with Gasteiger partial charge in [-0.05, 0) is 36.4 Å². The highest BCUT2D eigenvalue weighted by atomic mass is 79.9. The normalized spacial score (nSPS) is 10.7. The summed E-state index contributed by atoms with van der Waals surface area (Å²) < 4.78 is 7.62. The number of hydrogen-bond acceptors (Lipinski definition) is 4. The van der Waals surface area contributed by atoms with Crippen LogP contribution in [-0.2, 0) is 11.3 Å². The summed E-state index contributed by atoms with van der Waals surface area (Å²) in [5.74, 6) is 0.599. The molecule has 1 heterocycles. The Hall–Kier alpha value is -1.92. The van der Waals surface area contributed by atoms with Crippen molar-refractivity contribution in [2.45, 2.75) is 6.54 Å². The van der Waals surface area contributed by atoms with Gasteiger partial charge in [-0.1, -0.05) is 28.1 Å². The number of nitrogens with zero attached hydrogens (tertiary/aromatic N) is 2. The van der Waals surface area contributed by atoms with E-state index in [0.717, 1.165) is 19.7 Å². The van der Waals surface area contributed by atoms with E-state index in [-0.39, 0.29) is 12.5 Å². The lowest BCUT2D eigenvalue weighted by molar-refractivity contribution is -0.132. The molecule has 3 aromatic rings. The first-order valence-electron chi connectivity index (χ1n) is 7.08. The Bertz CT molecular complexity index is 784. The monoisotopic (exact) mass is 390 g/mol. The summed E-state index contributed by atoms with van der Waals surface area (Å²) in [6.45, 7) is 0.505. The standard InChI is InChI=1S/C17H15BrN2O2S/c1-20(10-16-19-14-4-2-3-5-15(14)23-16)17(21)11-22-13-8-6-12(18)7-9-13/h2-9H,10-11H2,1H3. The van der Waals surface area contributed by atoms with Gasteiger partial charge in [0.2, 0.25) is 0 Å². The Morgan fingerprint density at radius 1 is 1.22 bits per heavy atom. The number of ether oxygens (including phenoxy) is 1. The molecule has 6 heteroatoms. The summed E-state index contributed by atoms with van der Waals surface area (Å²) in [4.78, 5) is 18.3. The number of carbonyl (C=O) groups is 1. The van der Waals surface area contributed by atoms with Crippen molar-refractivity contribution in [3.8, 4) is 5.75 Å². The molecule has 0 radical (unpaired) electrons. The number of thiazole rings is 1. The van der Waals surface area contributed by atoms with E-state index < -0.39 is 0 Å². The maximum absolute atomic E-state index is 12.2. The average Bonchev–Trinajstić information content (AvgIpc) is 2.96. The van der Waals surface area contributed by atoms with E-state index >= 15 is 0 Å². The Kier molecular flexibility index (Phi) is 4.93. The predicted molar refractivity (Wildman–Crippen MR) is 95.7 cm³/mol. The zero-order valence-electron chi connectivity index (χ0n) is 12.5. The highest BCUT2D eigenvalue weighted by molar-refractivity contribution is 9.10. The molecule has 2 aromatic carbocycles. The van der Waals surface area contributed by atoms with Crippen LogP contribution in [0.1, 0.15) is 5.01 Å². The fourth-order valence-corrected chi connectivity index (χ4v) is 3.35. The molecule has 0 unspecified atom stereocenters. The lowest BCUT2D eigenvalue weighted by atomic mass is 10.3. The zero-order chi connectivity index (χ0) is 16.2. The smallest absolute Gasteiger partial charge is 0.260 e. The van der Waals surface area contributed by atoms with Crippen molar-refractivity contribution < 1.29 is 9.53 Å². The van der Waals surface area contributed by atoms with Crippen molar-refractivity contribution in [2.24, 2.45) is 0 Å². The minimum atomic E-state index is -0.0767. The number of aromatic nitrogens is 1. The van der Waals surface area contributed by atoms with E-state index in [1.54, 1.807) is 23.3 Å². The van der Waals surface area contributed by atoms with Crippen molar-refractivity contribution in [1.29, 1.82) is 0 Å². The lowest BCUT2D eigenvalue weighted by Crippen LogP contribution is -2.30. The third-order valence-electron chi connectivity index (χ3n) is 3.31. The second-order valence-electron chi connectivity index (χ2n) is 5.07. The third kappa shape index (κ3) is 4.09. The highest BCUT2D eigenvalue weighted by Gasteiger charge is 2.13. The fraction of sp³-hybridized carbons (Fsp3) is 0.176. The first-order chi connectivity index (χ1) is 11.1. The van der Waals surface area contributed by atoms with Gasteiger partial charge in [-0.15, -0.1) is 11.3 Å². The molecule has 0 aliphatic rings. The van der Waals surface area contributed by atoms with Crippen LogP contribution >= 0.6 is 27.3 Å². The minimum absolute atomic E-state index is 0.0169. The quantitative estimate of drug-likeness (QED) is 0.658. The number of para-hydroxylation sites is 1. The number of amides is 1. The maximum Gasteiger partial charge on any atom is 0.260 e. The summed E-state index contributed by atoms with van der Waals surface area (Å²) in [5.41, 5.74) is 0.972. The molecule has 0 fully saturated rings. The topological polar surface area (TPSA) is 42.4 Å². The molecule has 23 heavy (non-hydrogen) atoms. The molecule has 1 amide bonds. The van der Waals surface area contributed by atoms with Gasteiger partial charge in [0.05, 0.1) is 16.8 Å². The first-order valence-corrected chi connectivity index (χ1v) is 8.69. The minimum Gasteiger partial charge on any atom is -0.484 e. The number of rotatable bonds is 5. The van der Waals surface area contributed by atoms with Gasteiger partial charge < -0.3 is 9.64 Å². The number of likely N-dealkylation sites (N-methyl/N-ethyl adjacent to an activating group) is 1. The van der Waals surface area contributed by atoms with Crippen molar-refractivity contribution in [3.63, 3.8) is 0 Å². The number of halogens is 1. The largest absolute Gasteiger partial charge is 0.484 e. The summed E-state index contributed by atoms with van der Waals surface area (Å²) >= 11 is 4.97. The molecule has 0 N–H and O–H groups in total. The van der Waals surface area contributed by atoms with Gasteiger partial charge in [-0.25, -0.2) is 4.98 Å². The predicted octanol–water partition coefficient (Wildman–Crippen LogP) is 4.10. The molecule has 3 rings (SSSR count). The summed E-state index contributed by atoms with van der Waals surface area (Å²) in [6.07, 6.45) is 0. The second kappa shape index (κ2) is 7.10. The van der Waals surface area contributed by atoms with Gasteiger partial charge in [0.15, 0.2) is 6.61 Å². The molecule has 0 saturated carbocycles. The van der Waals surface area contributed by atoms with E-state index in [2.05, 4.69) is 20.9 Å². The third-order valence-corrected chi connectivity index (χ3v) is 4.86. The number of carbonyl (C=O) groups excluding carboxylic acids is 1. The van der Waals surface area contributed by atoms with Gasteiger partial charge in [0.25, 0.3) is 5.91 Å². The van der Waals surface area contributed by atoms with E-state index in [4.69, 9.17) is 4.74 Å². The Labute approximate surface area is 146 Å². The van der Waals surface area contributed by atoms with Gasteiger partial charge in [-0.2, -0.15) is 0 Å². The summed E-state index contributed by atoms with van der Waals surface area (Å²) in [5, 5.41) is 0.922. The van der Waals surface area contributed by atoms with E-state index in [1.807, 2.05) is 48.5 Å². The molecule has 118 valence electrons. The van der Waals surface area contributed by atoms with E-state index in [9.17, 15) is 4.79 Å². The van der Waals surface area contributed by atoms with Crippen molar-refractivity contribution >= 4 is 43.4 Å². The molecule has 0 saturated heterocycles. The van der Waals surface area contributed by atoms with Crippen LogP contribution in [0, 0.1) is 0 Å². The Morgan fingerprint density at radius 2 is 1.96 bits per heavy atom. The van der Waals surface area contributed by atoms with Crippen LogP contribution < -0.4 is 4.74 Å². The van der Waals surface area contributed by atoms with Crippen LogP contribution in [0.3, 0.4) is 0 Å². The van der Waals surface area contributed by atoms with Crippen LogP contribution in [0.25, 0.3) is 10.2 Å². The Balaban J connectivity index is 1.57. The summed E-state index contributed by atoms with van der Waals surface area (Å²) in [6, 6.07) is 15.4. The Morgan fingerprint density at radius 3 is 2.70 bits per heavy atom. The van der Waals surface area contributed by atoms with Gasteiger partial charge in [0, 0.05) is 11.5 Å². The van der Waals surface area contributed by atoms with Crippen molar-refractivity contribution in [1.82, 2.24) is 9.88 Å². The molecular weight excluding hydrogens is 376 g/mol. The van der Waals surface area contributed by atoms with Gasteiger partial charge in [0.1, 0.15) is 10.8 Å². The molecule has 0 atom stereocenters. The number of benzene rings is 2. The SMILES string of the molecule is CN(Cc1nc2ccccc2s1)C(=O)COc1ccc(Br)cc1. The molecule has 0 aliphatic carbocycles. The maximum atomic E-state index is 12.2. The van der Waals surface area contributed by atoms with Crippen LogP contribution in [0.15, 0.2) is 53.0 Å². The van der Waals surface area contributed by atoms with Crippen LogP contribution in [0.5, 0.6) is 5.75 Å². The van der Waals surface area contributed by atoms with Crippen LogP contribution in [0.2, 0.25) is 0 Å². The molecule has 1 aromatic heterocycles. The lowest BCUT2D eigenvalue weighted by Gasteiger charge is -2.16. The molecule has 0 bridgehead atoms. The molecule has 4 nitrogen and oxygen atoms in total. The van der Waals surface area contributed by atoms with E-state index in [1.165, 1.54) is 0 Å². The van der Waals surface area contributed by atoms with Gasteiger partial charge in [-0.3, -0.25) is 4.79 Å². The van der Waals surface area contributed by atoms with E-state index in [0.29, 0.717) is 12.3 Å². The number of hydrogen-bond donors (Lipinski definition) is 0. The van der Waals surface area contributed by atoms with Crippen molar-refractivity contribution in [2.75, 3.05) is 13.7 Å². The van der Waals surface area contributed by atoms with Crippen LogP contribution in [-0.4, -0.2) is 29.4 Å². The molecule has 0 aliphatic heterocycles. The number of fused-ring (bicyclic) bond motifs is 1. The summed E-state index contributed by atoms with van der Waals surface area (Å²) in [7, 11) is 1.76.